The molecule has 0 aliphatic carbocycles. The molecule has 4 nitrogen and oxygen atoms in total. The molecule has 0 fully saturated rings. The van der Waals surface area contributed by atoms with Gasteiger partial charge < -0.3 is 14.0 Å². The number of methoxy groups -OCH3 is 2. The van der Waals surface area contributed by atoms with Crippen LogP contribution < -0.4 is 15.0 Å². The Morgan fingerprint density at radius 2 is 1.90 bits per heavy atom. The maximum absolute atomic E-state index is 12.4. The van der Waals surface area contributed by atoms with Gasteiger partial charge in [-0.3, -0.25) is 4.79 Å². The minimum Gasteiger partial charge on any atom is -0.497 e. The Bertz CT molecular complexity index is 694. The van der Waals surface area contributed by atoms with Crippen LogP contribution in [-0.4, -0.2) is 18.8 Å². The second-order valence-electron chi connectivity index (χ2n) is 4.52. The first-order valence-corrected chi connectivity index (χ1v) is 7.35. The molecule has 0 N–H and O–H groups in total. The average Bonchev–Trinajstić information content (AvgIpc) is 2.53. The molecule has 0 amide bonds. The van der Waals surface area contributed by atoms with Gasteiger partial charge in [-0.1, -0.05) is 6.07 Å². The minimum atomic E-state index is -0.0112. The largest absolute Gasteiger partial charge is 0.497 e. The Morgan fingerprint density at radius 3 is 2.48 bits per heavy atom. The van der Waals surface area contributed by atoms with E-state index in [1.54, 1.807) is 18.8 Å². The predicted molar refractivity (Wildman–Crippen MR) is 87.6 cm³/mol. The summed E-state index contributed by atoms with van der Waals surface area (Å²) in [4.78, 5) is 12.4. The van der Waals surface area contributed by atoms with Crippen LogP contribution in [0, 0.1) is 0 Å². The number of rotatable bonds is 5. The van der Waals surface area contributed by atoms with Gasteiger partial charge in [-0.25, -0.2) is 0 Å². The maximum atomic E-state index is 12.4. The molecular formula is C16H19NO3S. The van der Waals surface area contributed by atoms with Gasteiger partial charge in [0.25, 0.3) is 5.56 Å². The second kappa shape index (κ2) is 6.72. The van der Waals surface area contributed by atoms with E-state index in [-0.39, 0.29) is 5.56 Å². The third-order valence-electron chi connectivity index (χ3n) is 3.42. The molecule has 0 radical (unpaired) electrons. The molecule has 0 aliphatic heterocycles. The number of benzene rings is 1. The van der Waals surface area contributed by atoms with Crippen molar-refractivity contribution in [2.45, 2.75) is 19.2 Å². The average molecular weight is 305 g/mol. The van der Waals surface area contributed by atoms with E-state index in [1.807, 2.05) is 37.3 Å². The first-order chi connectivity index (χ1) is 10.2. The summed E-state index contributed by atoms with van der Waals surface area (Å²) in [6.45, 7) is 2.54. The van der Waals surface area contributed by atoms with Crippen molar-refractivity contribution < 1.29 is 9.47 Å². The molecule has 0 saturated carbocycles. The van der Waals surface area contributed by atoms with E-state index >= 15 is 0 Å². The van der Waals surface area contributed by atoms with Crippen LogP contribution in [0.25, 0.3) is 11.3 Å². The molecule has 0 bridgehead atoms. The van der Waals surface area contributed by atoms with Crippen molar-refractivity contribution in [1.29, 1.82) is 0 Å². The van der Waals surface area contributed by atoms with Crippen molar-refractivity contribution in [3.8, 4) is 22.8 Å². The van der Waals surface area contributed by atoms with E-state index in [4.69, 9.17) is 9.47 Å². The SMILES string of the molecule is CCn1c(-c2ccc(OC)cc2OC)ccc(CS)c1=O. The van der Waals surface area contributed by atoms with Gasteiger partial charge in [-0.2, -0.15) is 12.6 Å². The van der Waals surface area contributed by atoms with Gasteiger partial charge >= 0.3 is 0 Å². The van der Waals surface area contributed by atoms with E-state index in [2.05, 4.69) is 12.6 Å². The third-order valence-corrected chi connectivity index (χ3v) is 3.76. The summed E-state index contributed by atoms with van der Waals surface area (Å²) in [7, 11) is 3.21. The molecule has 2 aromatic rings. The summed E-state index contributed by atoms with van der Waals surface area (Å²) in [6, 6.07) is 9.32. The van der Waals surface area contributed by atoms with Gasteiger partial charge in [0, 0.05) is 29.5 Å². The molecule has 1 aromatic carbocycles. The number of hydrogen-bond acceptors (Lipinski definition) is 4. The predicted octanol–water partition coefficient (Wildman–Crippen LogP) is 2.98. The van der Waals surface area contributed by atoms with Crippen molar-refractivity contribution in [3.05, 3.63) is 46.2 Å². The molecule has 0 atom stereocenters. The van der Waals surface area contributed by atoms with E-state index in [9.17, 15) is 4.79 Å². The van der Waals surface area contributed by atoms with Gasteiger partial charge in [-0.15, -0.1) is 0 Å². The number of ether oxygens (including phenoxy) is 2. The van der Waals surface area contributed by atoms with Gasteiger partial charge in [-0.05, 0) is 25.1 Å². The van der Waals surface area contributed by atoms with Gasteiger partial charge in [0.1, 0.15) is 11.5 Å². The van der Waals surface area contributed by atoms with Crippen LogP contribution in [0.5, 0.6) is 11.5 Å². The molecule has 1 heterocycles. The summed E-state index contributed by atoms with van der Waals surface area (Å²) in [5.41, 5.74) is 2.37. The second-order valence-corrected chi connectivity index (χ2v) is 4.83. The standard InChI is InChI=1S/C16H19NO3S/c1-4-17-14(8-5-11(10-21)16(17)18)13-7-6-12(19-2)9-15(13)20-3/h5-9,21H,4,10H2,1-3H3. The highest BCUT2D eigenvalue weighted by Crippen LogP contribution is 2.32. The van der Waals surface area contributed by atoms with E-state index in [0.29, 0.717) is 29.4 Å². The minimum absolute atomic E-state index is 0.0112. The van der Waals surface area contributed by atoms with Crippen molar-refractivity contribution in [3.63, 3.8) is 0 Å². The maximum Gasteiger partial charge on any atom is 0.255 e. The molecule has 0 aliphatic rings. The Labute approximate surface area is 129 Å². The summed E-state index contributed by atoms with van der Waals surface area (Å²) < 4.78 is 12.4. The topological polar surface area (TPSA) is 40.5 Å². The molecule has 0 unspecified atom stereocenters. The Balaban J connectivity index is 2.67. The number of thiol groups is 1. The normalized spacial score (nSPS) is 10.5. The number of hydrogen-bond donors (Lipinski definition) is 1. The number of aromatic nitrogens is 1. The Kier molecular flexibility index (Phi) is 4.96. The quantitative estimate of drug-likeness (QED) is 0.863. The third kappa shape index (κ3) is 2.93. The first kappa shape index (κ1) is 15.5. The summed E-state index contributed by atoms with van der Waals surface area (Å²) >= 11 is 4.20. The van der Waals surface area contributed by atoms with E-state index in [0.717, 1.165) is 11.3 Å². The van der Waals surface area contributed by atoms with E-state index < -0.39 is 0 Å². The molecule has 21 heavy (non-hydrogen) atoms. The molecule has 112 valence electrons. The molecule has 2 rings (SSSR count). The monoisotopic (exact) mass is 305 g/mol. The van der Waals surface area contributed by atoms with Crippen LogP contribution in [0.15, 0.2) is 35.1 Å². The van der Waals surface area contributed by atoms with Crippen LogP contribution in [0.1, 0.15) is 12.5 Å². The fourth-order valence-electron chi connectivity index (χ4n) is 2.30. The first-order valence-electron chi connectivity index (χ1n) is 6.72. The zero-order chi connectivity index (χ0) is 15.4. The van der Waals surface area contributed by atoms with Crippen molar-refractivity contribution in [2.75, 3.05) is 14.2 Å². The highest BCUT2D eigenvalue weighted by atomic mass is 32.1. The lowest BCUT2D eigenvalue weighted by Gasteiger charge is -2.16. The summed E-state index contributed by atoms with van der Waals surface area (Å²) in [5.74, 6) is 1.82. The van der Waals surface area contributed by atoms with Crippen molar-refractivity contribution in [1.82, 2.24) is 4.57 Å². The zero-order valence-electron chi connectivity index (χ0n) is 12.4. The van der Waals surface area contributed by atoms with Crippen LogP contribution in [0.3, 0.4) is 0 Å². The lowest BCUT2D eigenvalue weighted by molar-refractivity contribution is 0.395. The molecule has 0 saturated heterocycles. The number of nitrogens with zero attached hydrogens (tertiary/aromatic N) is 1. The van der Waals surface area contributed by atoms with Gasteiger partial charge in [0.05, 0.1) is 19.9 Å². The zero-order valence-corrected chi connectivity index (χ0v) is 13.3. The van der Waals surface area contributed by atoms with Crippen LogP contribution in [-0.2, 0) is 12.3 Å². The highest BCUT2D eigenvalue weighted by molar-refractivity contribution is 7.79. The molecule has 1 aromatic heterocycles. The van der Waals surface area contributed by atoms with Crippen LogP contribution >= 0.6 is 12.6 Å². The van der Waals surface area contributed by atoms with Crippen LogP contribution in [0.4, 0.5) is 0 Å². The highest BCUT2D eigenvalue weighted by Gasteiger charge is 2.13. The van der Waals surface area contributed by atoms with Gasteiger partial charge in [0.2, 0.25) is 0 Å². The lowest BCUT2D eigenvalue weighted by atomic mass is 10.1. The number of pyridine rings is 1. The fraction of sp³-hybridized carbons (Fsp3) is 0.312. The summed E-state index contributed by atoms with van der Waals surface area (Å²) in [5, 5.41) is 0. The molecular weight excluding hydrogens is 286 g/mol. The Hall–Kier alpha value is -1.88. The summed E-state index contributed by atoms with van der Waals surface area (Å²) in [6.07, 6.45) is 0. The Morgan fingerprint density at radius 1 is 1.14 bits per heavy atom. The van der Waals surface area contributed by atoms with Crippen LogP contribution in [0.2, 0.25) is 0 Å². The van der Waals surface area contributed by atoms with Gasteiger partial charge in [0.15, 0.2) is 0 Å². The molecule has 0 spiro atoms. The van der Waals surface area contributed by atoms with Crippen molar-refractivity contribution in [2.24, 2.45) is 0 Å². The lowest BCUT2D eigenvalue weighted by Crippen LogP contribution is -2.23. The molecule has 5 heteroatoms. The smallest absolute Gasteiger partial charge is 0.255 e. The van der Waals surface area contributed by atoms with Crippen molar-refractivity contribution >= 4 is 12.6 Å². The van der Waals surface area contributed by atoms with E-state index in [1.165, 1.54) is 0 Å². The fourth-order valence-corrected chi connectivity index (χ4v) is 2.54.